The Hall–Kier alpha value is -2.91. The molecule has 0 radical (unpaired) electrons. The summed E-state index contributed by atoms with van der Waals surface area (Å²) in [6.07, 6.45) is 2.98. The number of aromatic nitrogens is 1. The normalized spacial score (nSPS) is 15.3. The Balaban J connectivity index is 2.00. The van der Waals surface area contributed by atoms with Crippen LogP contribution in [0.1, 0.15) is 12.5 Å². The van der Waals surface area contributed by atoms with Gasteiger partial charge in [-0.1, -0.05) is 12.1 Å². The van der Waals surface area contributed by atoms with Gasteiger partial charge < -0.3 is 19.1 Å². The van der Waals surface area contributed by atoms with E-state index in [0.717, 1.165) is 16.9 Å². The van der Waals surface area contributed by atoms with Crippen molar-refractivity contribution in [3.63, 3.8) is 0 Å². The third-order valence-corrected chi connectivity index (χ3v) is 5.59. The van der Waals surface area contributed by atoms with Gasteiger partial charge in [0.25, 0.3) is 5.56 Å². The predicted molar refractivity (Wildman–Crippen MR) is 113 cm³/mol. The number of esters is 1. The van der Waals surface area contributed by atoms with E-state index >= 15 is 0 Å². The highest BCUT2D eigenvalue weighted by Crippen LogP contribution is 2.11. The van der Waals surface area contributed by atoms with Gasteiger partial charge in [-0.25, -0.2) is 4.79 Å². The number of benzene rings is 1. The third-order valence-electron chi connectivity index (χ3n) is 4.54. The molecule has 1 aliphatic heterocycles. The largest absolute Gasteiger partial charge is 0.497 e. The van der Waals surface area contributed by atoms with Crippen molar-refractivity contribution in [2.45, 2.75) is 13.5 Å². The molecule has 0 unspecified atom stereocenters. The van der Waals surface area contributed by atoms with Crippen molar-refractivity contribution in [2.24, 2.45) is 0 Å². The Morgan fingerprint density at radius 2 is 1.90 bits per heavy atom. The van der Waals surface area contributed by atoms with E-state index in [1.807, 2.05) is 12.1 Å². The summed E-state index contributed by atoms with van der Waals surface area (Å²) < 4.78 is 17.5. The molecule has 8 nitrogen and oxygen atoms in total. The molecule has 160 valence electrons. The minimum atomic E-state index is -0.553. The highest BCUT2D eigenvalue weighted by atomic mass is 32.1. The summed E-state index contributed by atoms with van der Waals surface area (Å²) in [5.41, 5.74) is 0.483. The van der Waals surface area contributed by atoms with Crippen molar-refractivity contribution in [1.29, 1.82) is 0 Å². The second-order valence-corrected chi connectivity index (χ2v) is 7.57. The van der Waals surface area contributed by atoms with Gasteiger partial charge >= 0.3 is 5.97 Å². The van der Waals surface area contributed by atoms with Crippen molar-refractivity contribution < 1.29 is 23.8 Å². The molecule has 9 heteroatoms. The summed E-state index contributed by atoms with van der Waals surface area (Å²) in [5, 5.41) is 0. The van der Waals surface area contributed by atoms with Crippen LogP contribution in [0.15, 0.2) is 29.1 Å². The Morgan fingerprint density at radius 3 is 2.53 bits per heavy atom. The van der Waals surface area contributed by atoms with Crippen LogP contribution in [0.5, 0.6) is 5.75 Å². The first kappa shape index (κ1) is 21.8. The molecule has 1 amide bonds. The van der Waals surface area contributed by atoms with Crippen LogP contribution in [0.2, 0.25) is 0 Å². The van der Waals surface area contributed by atoms with Crippen molar-refractivity contribution in [3.8, 4) is 5.75 Å². The molecule has 1 aromatic heterocycles. The van der Waals surface area contributed by atoms with Gasteiger partial charge in [0, 0.05) is 13.1 Å². The predicted octanol–water partition coefficient (Wildman–Crippen LogP) is -0.0504. The summed E-state index contributed by atoms with van der Waals surface area (Å²) in [7, 11) is 1.58. The molecule has 3 rings (SSSR count). The van der Waals surface area contributed by atoms with E-state index in [4.69, 9.17) is 14.2 Å². The lowest BCUT2D eigenvalue weighted by Crippen LogP contribution is -2.45. The molecule has 1 saturated heterocycles. The monoisotopic (exact) mass is 432 g/mol. The number of ether oxygens (including phenoxy) is 3. The Bertz CT molecular complexity index is 1060. The first-order valence-corrected chi connectivity index (χ1v) is 10.4. The zero-order valence-corrected chi connectivity index (χ0v) is 17.8. The highest BCUT2D eigenvalue weighted by molar-refractivity contribution is 7.07. The van der Waals surface area contributed by atoms with Crippen LogP contribution in [0.25, 0.3) is 12.2 Å². The fourth-order valence-electron chi connectivity index (χ4n) is 2.98. The average molecular weight is 432 g/mol. The van der Waals surface area contributed by atoms with Gasteiger partial charge in [-0.05, 0) is 30.7 Å². The molecule has 0 spiro atoms. The molecule has 1 aromatic carbocycles. The van der Waals surface area contributed by atoms with Crippen molar-refractivity contribution in [3.05, 3.63) is 49.4 Å². The maximum absolute atomic E-state index is 13.0. The molecular weight excluding hydrogens is 408 g/mol. The maximum atomic E-state index is 13.0. The number of morpholine rings is 1. The third kappa shape index (κ3) is 5.37. The van der Waals surface area contributed by atoms with Crippen LogP contribution < -0.4 is 19.5 Å². The van der Waals surface area contributed by atoms with Crippen LogP contribution in [0.4, 0.5) is 0 Å². The first-order valence-electron chi connectivity index (χ1n) is 9.61. The topological polar surface area (TPSA) is 87.1 Å². The number of methoxy groups -OCH3 is 1. The lowest BCUT2D eigenvalue weighted by atomic mass is 10.2. The van der Waals surface area contributed by atoms with E-state index in [1.54, 1.807) is 37.1 Å². The summed E-state index contributed by atoms with van der Waals surface area (Å²) >= 11 is 1.15. The van der Waals surface area contributed by atoms with Crippen LogP contribution in [-0.2, 0) is 25.6 Å². The molecule has 30 heavy (non-hydrogen) atoms. The quantitative estimate of drug-likeness (QED) is 0.595. The number of nitrogens with zero attached hydrogens (tertiary/aromatic N) is 2. The lowest BCUT2D eigenvalue weighted by Gasteiger charge is -2.26. The number of thiazole rings is 1. The maximum Gasteiger partial charge on any atom is 0.333 e. The van der Waals surface area contributed by atoms with Crippen molar-refractivity contribution in [1.82, 2.24) is 9.47 Å². The van der Waals surface area contributed by atoms with Gasteiger partial charge in [0.15, 0.2) is 0 Å². The second kappa shape index (κ2) is 10.2. The standard InChI is InChI=1S/C21H24N2O6S/c1-3-29-20(25)13-19-23(14-18(24)22-8-10-28-11-9-22)21(26)17(30-19)12-15-4-6-16(27-2)7-5-15/h4-7,12-13H,3,8-11,14H2,1-2H3/b17-12-,19-13-. The average Bonchev–Trinajstić information content (AvgIpc) is 3.03. The molecule has 2 heterocycles. The highest BCUT2D eigenvalue weighted by Gasteiger charge is 2.19. The molecule has 0 saturated carbocycles. The Kier molecular flexibility index (Phi) is 7.42. The lowest BCUT2D eigenvalue weighted by molar-refractivity contribution is -0.136. The van der Waals surface area contributed by atoms with Gasteiger partial charge in [0.1, 0.15) is 17.0 Å². The summed E-state index contributed by atoms with van der Waals surface area (Å²) in [6, 6.07) is 7.25. The molecule has 0 bridgehead atoms. The summed E-state index contributed by atoms with van der Waals surface area (Å²) in [4.78, 5) is 39.3. The van der Waals surface area contributed by atoms with Gasteiger partial charge in [-0.15, -0.1) is 11.3 Å². The number of amides is 1. The summed E-state index contributed by atoms with van der Waals surface area (Å²) in [6.45, 7) is 3.71. The van der Waals surface area contributed by atoms with Crippen LogP contribution >= 0.6 is 11.3 Å². The van der Waals surface area contributed by atoms with E-state index < -0.39 is 5.97 Å². The smallest absolute Gasteiger partial charge is 0.333 e. The molecular formula is C21H24N2O6S. The second-order valence-electron chi connectivity index (χ2n) is 6.50. The number of rotatable bonds is 6. The minimum Gasteiger partial charge on any atom is -0.497 e. The fraction of sp³-hybridized carbons (Fsp3) is 0.381. The molecule has 0 atom stereocenters. The Labute approximate surface area is 177 Å². The number of carbonyl (C=O) groups excluding carboxylic acids is 2. The van der Waals surface area contributed by atoms with Crippen LogP contribution in [-0.4, -0.2) is 61.4 Å². The zero-order chi connectivity index (χ0) is 21.5. The van der Waals surface area contributed by atoms with Crippen LogP contribution in [0, 0.1) is 0 Å². The minimum absolute atomic E-state index is 0.142. The van der Waals surface area contributed by atoms with Gasteiger partial charge in [-0.2, -0.15) is 0 Å². The van der Waals surface area contributed by atoms with Crippen molar-refractivity contribution >= 4 is 35.4 Å². The van der Waals surface area contributed by atoms with Gasteiger partial charge in [0.2, 0.25) is 5.91 Å². The van der Waals surface area contributed by atoms with Crippen molar-refractivity contribution in [2.75, 3.05) is 40.0 Å². The SMILES string of the molecule is CCOC(=O)/C=c1\s/c(=C\c2ccc(OC)cc2)c(=O)n1CC(=O)N1CCOCC1. The van der Waals surface area contributed by atoms with Crippen LogP contribution in [0.3, 0.4) is 0 Å². The van der Waals surface area contributed by atoms with E-state index in [-0.39, 0.29) is 24.6 Å². The van der Waals surface area contributed by atoms with E-state index in [1.165, 1.54) is 10.6 Å². The van der Waals surface area contributed by atoms with E-state index in [9.17, 15) is 14.4 Å². The first-order chi connectivity index (χ1) is 14.5. The van der Waals surface area contributed by atoms with Gasteiger partial charge in [0.05, 0.1) is 37.5 Å². The number of hydrogen-bond acceptors (Lipinski definition) is 7. The molecule has 1 aliphatic rings. The number of carbonyl (C=O) groups is 2. The van der Waals surface area contributed by atoms with E-state index in [2.05, 4.69) is 0 Å². The Morgan fingerprint density at radius 1 is 1.20 bits per heavy atom. The molecule has 0 aliphatic carbocycles. The number of hydrogen-bond donors (Lipinski definition) is 0. The van der Waals surface area contributed by atoms with Gasteiger partial charge in [-0.3, -0.25) is 14.2 Å². The summed E-state index contributed by atoms with van der Waals surface area (Å²) in [5.74, 6) is -0.0294. The van der Waals surface area contributed by atoms with E-state index in [0.29, 0.717) is 41.2 Å². The zero-order valence-electron chi connectivity index (χ0n) is 17.0. The fourth-order valence-corrected chi connectivity index (χ4v) is 4.01. The molecule has 1 fully saturated rings. The molecule has 0 N–H and O–H groups in total. The molecule has 2 aromatic rings.